The molecule has 1 amide bonds. The highest BCUT2D eigenvalue weighted by Gasteiger charge is 2.26. The van der Waals surface area contributed by atoms with Crippen molar-refractivity contribution in [3.63, 3.8) is 0 Å². The van der Waals surface area contributed by atoms with E-state index in [1.807, 2.05) is 19.1 Å². The van der Waals surface area contributed by atoms with Crippen LogP contribution in [0.5, 0.6) is 5.75 Å². The summed E-state index contributed by atoms with van der Waals surface area (Å²) in [5.41, 5.74) is 1.47. The van der Waals surface area contributed by atoms with E-state index in [-0.39, 0.29) is 16.5 Å². The summed E-state index contributed by atoms with van der Waals surface area (Å²) in [6.45, 7) is 3.84. The summed E-state index contributed by atoms with van der Waals surface area (Å²) in [5.74, 6) is 0.210. The van der Waals surface area contributed by atoms with Gasteiger partial charge in [-0.05, 0) is 43.3 Å². The summed E-state index contributed by atoms with van der Waals surface area (Å²) >= 11 is 0. The lowest BCUT2D eigenvalue weighted by Crippen LogP contribution is -2.40. The van der Waals surface area contributed by atoms with E-state index in [9.17, 15) is 13.2 Å². The first-order valence-corrected chi connectivity index (χ1v) is 11.7. The minimum absolute atomic E-state index is 0.216. The Morgan fingerprint density at radius 2 is 1.84 bits per heavy atom. The first-order valence-electron chi connectivity index (χ1n) is 10.2. The number of morpholine rings is 1. The van der Waals surface area contributed by atoms with E-state index in [0.717, 1.165) is 0 Å². The molecule has 1 aliphatic heterocycles. The molecule has 0 spiro atoms. The van der Waals surface area contributed by atoms with Crippen LogP contribution in [-0.4, -0.2) is 61.1 Å². The summed E-state index contributed by atoms with van der Waals surface area (Å²) in [7, 11) is -3.56. The zero-order valence-corrected chi connectivity index (χ0v) is 18.4. The zero-order chi connectivity index (χ0) is 22.6. The number of sulfonamides is 1. The van der Waals surface area contributed by atoms with Gasteiger partial charge in [0.15, 0.2) is 0 Å². The van der Waals surface area contributed by atoms with E-state index in [1.165, 1.54) is 10.6 Å². The number of nitrogens with one attached hydrogen (secondary N) is 1. The molecule has 0 atom stereocenters. The second-order valence-electron chi connectivity index (χ2n) is 7.06. The third-order valence-electron chi connectivity index (χ3n) is 4.99. The normalized spacial score (nSPS) is 14.8. The van der Waals surface area contributed by atoms with Crippen LogP contribution in [0.2, 0.25) is 0 Å². The standard InChI is InChI=1S/C22H24N4O5S/c1-2-31-21-6-4-3-5-19(21)24-22(27)20-15-25(16-23-20)17-7-9-18(10-8-17)32(28,29)26-11-13-30-14-12-26/h3-10,15-16H,2,11-14H2,1H3,(H,24,27). The van der Waals surface area contributed by atoms with Crippen LogP contribution in [0.4, 0.5) is 5.69 Å². The molecule has 1 aliphatic rings. The fourth-order valence-electron chi connectivity index (χ4n) is 3.35. The number of hydrogen-bond donors (Lipinski definition) is 1. The van der Waals surface area contributed by atoms with Crippen molar-refractivity contribution in [2.75, 3.05) is 38.2 Å². The topological polar surface area (TPSA) is 103 Å². The first kappa shape index (κ1) is 22.0. The van der Waals surface area contributed by atoms with Crippen LogP contribution in [0.1, 0.15) is 17.4 Å². The predicted octanol–water partition coefficient (Wildman–Crippen LogP) is 2.54. The van der Waals surface area contributed by atoms with Gasteiger partial charge in [-0.2, -0.15) is 4.31 Å². The average Bonchev–Trinajstić information content (AvgIpc) is 3.32. The SMILES string of the molecule is CCOc1ccccc1NC(=O)c1cn(-c2ccc(S(=O)(=O)N3CCOCC3)cc2)cn1. The fourth-order valence-corrected chi connectivity index (χ4v) is 4.75. The van der Waals surface area contributed by atoms with Gasteiger partial charge in [-0.25, -0.2) is 13.4 Å². The van der Waals surface area contributed by atoms with Gasteiger partial charge >= 0.3 is 0 Å². The minimum atomic E-state index is -3.56. The molecule has 4 rings (SSSR count). The lowest BCUT2D eigenvalue weighted by Gasteiger charge is -2.26. The maximum Gasteiger partial charge on any atom is 0.275 e. The number of aromatic nitrogens is 2. The molecule has 0 aliphatic carbocycles. The van der Waals surface area contributed by atoms with E-state index in [1.54, 1.807) is 47.2 Å². The van der Waals surface area contributed by atoms with Gasteiger partial charge in [0.25, 0.3) is 5.91 Å². The van der Waals surface area contributed by atoms with Gasteiger partial charge in [0.05, 0.1) is 30.4 Å². The second-order valence-corrected chi connectivity index (χ2v) is 9.00. The monoisotopic (exact) mass is 456 g/mol. The van der Waals surface area contributed by atoms with Crippen molar-refractivity contribution < 1.29 is 22.7 Å². The second kappa shape index (κ2) is 9.51. The molecule has 1 aromatic heterocycles. The number of ether oxygens (including phenoxy) is 2. The minimum Gasteiger partial charge on any atom is -0.492 e. The number of amides is 1. The Kier molecular flexibility index (Phi) is 6.54. The summed E-state index contributed by atoms with van der Waals surface area (Å²) in [6, 6.07) is 13.7. The molecule has 1 saturated heterocycles. The number of carbonyl (C=O) groups is 1. The first-order chi connectivity index (χ1) is 15.5. The third kappa shape index (κ3) is 4.67. The zero-order valence-electron chi connectivity index (χ0n) is 17.6. The molecular formula is C22H24N4O5S. The maximum atomic E-state index is 12.8. The van der Waals surface area contributed by atoms with Gasteiger partial charge in [-0.1, -0.05) is 12.1 Å². The van der Waals surface area contributed by atoms with Gasteiger partial charge in [-0.3, -0.25) is 4.79 Å². The molecule has 32 heavy (non-hydrogen) atoms. The van der Waals surface area contributed by atoms with E-state index in [4.69, 9.17) is 9.47 Å². The van der Waals surface area contributed by atoms with Crippen LogP contribution in [0.15, 0.2) is 66.0 Å². The van der Waals surface area contributed by atoms with Crippen LogP contribution in [0.3, 0.4) is 0 Å². The fraction of sp³-hybridized carbons (Fsp3) is 0.273. The Morgan fingerprint density at radius 1 is 1.12 bits per heavy atom. The van der Waals surface area contributed by atoms with E-state index in [2.05, 4.69) is 10.3 Å². The summed E-state index contributed by atoms with van der Waals surface area (Å²) in [4.78, 5) is 17.0. The molecule has 0 radical (unpaired) electrons. The van der Waals surface area contributed by atoms with Gasteiger partial charge in [-0.15, -0.1) is 0 Å². The highest BCUT2D eigenvalue weighted by molar-refractivity contribution is 7.89. The van der Waals surface area contributed by atoms with Gasteiger partial charge in [0, 0.05) is 25.0 Å². The summed E-state index contributed by atoms with van der Waals surface area (Å²) in [6.07, 6.45) is 3.10. The largest absolute Gasteiger partial charge is 0.492 e. The van der Waals surface area contributed by atoms with Crippen molar-refractivity contribution in [2.24, 2.45) is 0 Å². The molecule has 2 aromatic carbocycles. The Hall–Kier alpha value is -3.21. The number of hydrogen-bond acceptors (Lipinski definition) is 6. The highest BCUT2D eigenvalue weighted by atomic mass is 32.2. The number of benzene rings is 2. The number of carbonyl (C=O) groups excluding carboxylic acids is 1. The van der Waals surface area contributed by atoms with Crippen LogP contribution >= 0.6 is 0 Å². The Balaban J connectivity index is 1.48. The molecule has 0 saturated carbocycles. The van der Waals surface area contributed by atoms with E-state index < -0.39 is 10.0 Å². The Morgan fingerprint density at radius 3 is 2.56 bits per heavy atom. The van der Waals surface area contributed by atoms with Crippen molar-refractivity contribution in [3.05, 3.63) is 66.7 Å². The molecule has 10 heteroatoms. The molecule has 0 unspecified atom stereocenters. The van der Waals surface area contributed by atoms with Crippen LogP contribution in [-0.2, 0) is 14.8 Å². The maximum absolute atomic E-state index is 12.8. The van der Waals surface area contributed by atoms with Gasteiger partial charge < -0.3 is 19.4 Å². The van der Waals surface area contributed by atoms with Crippen molar-refractivity contribution >= 4 is 21.6 Å². The van der Waals surface area contributed by atoms with Crippen LogP contribution in [0.25, 0.3) is 5.69 Å². The van der Waals surface area contributed by atoms with Crippen molar-refractivity contribution in [1.82, 2.24) is 13.9 Å². The van der Waals surface area contributed by atoms with Crippen LogP contribution < -0.4 is 10.1 Å². The summed E-state index contributed by atoms with van der Waals surface area (Å²) < 4.78 is 39.4. The van der Waals surface area contributed by atoms with Gasteiger partial charge in [0.2, 0.25) is 10.0 Å². The number of imidazole rings is 1. The average molecular weight is 457 g/mol. The van der Waals surface area contributed by atoms with Crippen molar-refractivity contribution in [3.8, 4) is 11.4 Å². The Labute approximate surface area is 186 Å². The van der Waals surface area contributed by atoms with Crippen molar-refractivity contribution in [1.29, 1.82) is 0 Å². The molecule has 0 bridgehead atoms. The quantitative estimate of drug-likeness (QED) is 0.586. The highest BCUT2D eigenvalue weighted by Crippen LogP contribution is 2.24. The number of nitrogens with zero attached hydrogens (tertiary/aromatic N) is 3. The molecule has 1 fully saturated rings. The molecule has 2 heterocycles. The van der Waals surface area contributed by atoms with Crippen molar-refractivity contribution in [2.45, 2.75) is 11.8 Å². The predicted molar refractivity (Wildman–Crippen MR) is 119 cm³/mol. The van der Waals surface area contributed by atoms with E-state index >= 15 is 0 Å². The number of para-hydroxylation sites is 2. The number of anilines is 1. The lowest BCUT2D eigenvalue weighted by molar-refractivity contribution is 0.0730. The molecule has 9 nitrogen and oxygen atoms in total. The molecular weight excluding hydrogens is 432 g/mol. The molecule has 3 aromatic rings. The molecule has 168 valence electrons. The third-order valence-corrected chi connectivity index (χ3v) is 6.91. The Bertz CT molecular complexity index is 1190. The van der Waals surface area contributed by atoms with Crippen LogP contribution in [0, 0.1) is 0 Å². The summed E-state index contributed by atoms with van der Waals surface area (Å²) in [5, 5.41) is 2.81. The number of rotatable bonds is 7. The lowest BCUT2D eigenvalue weighted by atomic mass is 10.3. The smallest absolute Gasteiger partial charge is 0.275 e. The van der Waals surface area contributed by atoms with E-state index in [0.29, 0.717) is 50.0 Å². The molecule has 1 N–H and O–H groups in total. The van der Waals surface area contributed by atoms with Gasteiger partial charge in [0.1, 0.15) is 17.8 Å².